The number of aromatic nitrogens is 2. The van der Waals surface area contributed by atoms with Crippen LogP contribution in [-0.2, 0) is 22.5 Å². The molecule has 0 aliphatic rings. The highest BCUT2D eigenvalue weighted by molar-refractivity contribution is 7.99. The van der Waals surface area contributed by atoms with Crippen LogP contribution in [0.1, 0.15) is 43.8 Å². The van der Waals surface area contributed by atoms with E-state index in [2.05, 4.69) is 5.09 Å². The molecule has 0 fully saturated rings. The lowest BCUT2D eigenvalue weighted by atomic mass is 10.1. The van der Waals surface area contributed by atoms with E-state index in [4.69, 9.17) is 43.4 Å². The third kappa shape index (κ3) is 8.69. The van der Waals surface area contributed by atoms with Gasteiger partial charge in [-0.25, -0.2) is 9.78 Å². The molecule has 1 atom stereocenters. The van der Waals surface area contributed by atoms with Crippen molar-refractivity contribution in [1.29, 1.82) is 0 Å². The average molecular weight is 585 g/mol. The number of benzene rings is 2. The van der Waals surface area contributed by atoms with E-state index < -0.39 is 13.4 Å². The highest BCUT2D eigenvalue weighted by Crippen LogP contribution is 2.38. The molecule has 3 aromatic rings. The fourth-order valence-corrected chi connectivity index (χ4v) is 6.62. The Labute approximate surface area is 231 Å². The summed E-state index contributed by atoms with van der Waals surface area (Å²) in [6, 6.07) is 12.9. The predicted molar refractivity (Wildman–Crippen MR) is 150 cm³/mol. The maximum absolute atomic E-state index is 12.4. The minimum Gasteiger partial charge on any atom is -0.485 e. The second-order valence-electron chi connectivity index (χ2n) is 8.80. The van der Waals surface area contributed by atoms with Gasteiger partial charge in [0.15, 0.2) is 20.2 Å². The Hall–Kier alpha value is -2.16. The van der Waals surface area contributed by atoms with Crippen LogP contribution in [0.4, 0.5) is 4.79 Å². The molecule has 1 aromatic heterocycles. The summed E-state index contributed by atoms with van der Waals surface area (Å²) in [6.45, 7) is 8.67. The summed E-state index contributed by atoms with van der Waals surface area (Å²) < 4.78 is 25.2. The standard InChI is InChI=1S/C25H31Cl2N4O4PS/c1-5-29-36(4,33)15-35-20-8-6-17(7-9-20)13-31-22(14-34-25(28)32)30-23(16(2)3)24(31)37-21-11-18(26)10-19(27)12-21/h6-12,16H,5,13-15H2,1-4H3,(H2,28,32)(H,29,33). The third-order valence-corrected chi connectivity index (χ3v) is 8.34. The summed E-state index contributed by atoms with van der Waals surface area (Å²) in [5.74, 6) is 1.29. The molecule has 3 rings (SSSR count). The Morgan fingerprint density at radius 1 is 1.19 bits per heavy atom. The number of nitrogens with two attached hydrogens (primary N) is 1. The quantitative estimate of drug-likeness (QED) is 0.221. The van der Waals surface area contributed by atoms with Crippen molar-refractivity contribution in [3.05, 3.63) is 69.6 Å². The first-order valence-electron chi connectivity index (χ1n) is 11.7. The topological polar surface area (TPSA) is 108 Å². The van der Waals surface area contributed by atoms with Crippen LogP contribution in [-0.4, -0.2) is 35.2 Å². The fourth-order valence-electron chi connectivity index (χ4n) is 3.55. The molecule has 2 aromatic carbocycles. The summed E-state index contributed by atoms with van der Waals surface area (Å²) in [7, 11) is -2.56. The van der Waals surface area contributed by atoms with E-state index in [1.54, 1.807) is 12.7 Å². The smallest absolute Gasteiger partial charge is 0.404 e. The lowest BCUT2D eigenvalue weighted by Crippen LogP contribution is -2.15. The molecule has 1 amide bonds. The summed E-state index contributed by atoms with van der Waals surface area (Å²) >= 11 is 14.0. The average Bonchev–Trinajstić information content (AvgIpc) is 3.13. The van der Waals surface area contributed by atoms with Crippen LogP contribution < -0.4 is 15.6 Å². The van der Waals surface area contributed by atoms with Crippen molar-refractivity contribution in [2.75, 3.05) is 19.6 Å². The monoisotopic (exact) mass is 584 g/mol. The molecule has 1 unspecified atom stereocenters. The first kappa shape index (κ1) is 29.4. The minimum absolute atomic E-state index is 0.0661. The molecule has 0 saturated carbocycles. The van der Waals surface area contributed by atoms with Gasteiger partial charge in [-0.3, -0.25) is 5.09 Å². The molecular weight excluding hydrogens is 554 g/mol. The van der Waals surface area contributed by atoms with Crippen LogP contribution in [0, 0.1) is 0 Å². The zero-order chi connectivity index (χ0) is 27.2. The van der Waals surface area contributed by atoms with Gasteiger partial charge in [-0.2, -0.15) is 0 Å². The van der Waals surface area contributed by atoms with Crippen molar-refractivity contribution in [3.8, 4) is 5.75 Å². The van der Waals surface area contributed by atoms with Gasteiger partial charge >= 0.3 is 6.09 Å². The van der Waals surface area contributed by atoms with Crippen LogP contribution in [0.3, 0.4) is 0 Å². The lowest BCUT2D eigenvalue weighted by molar-refractivity contribution is 0.145. The molecular formula is C25H31Cl2N4O4PS. The molecule has 0 radical (unpaired) electrons. The second-order valence-corrected chi connectivity index (χ2v) is 13.5. The summed E-state index contributed by atoms with van der Waals surface area (Å²) in [4.78, 5) is 17.0. The van der Waals surface area contributed by atoms with Gasteiger partial charge < -0.3 is 24.3 Å². The SMILES string of the molecule is CCNP(C)(=O)COc1ccc(Cn2c(COC(N)=O)nc(C(C)C)c2Sc2cc(Cl)cc(Cl)c2)cc1. The van der Waals surface area contributed by atoms with Crippen molar-refractivity contribution in [2.24, 2.45) is 5.73 Å². The molecule has 0 aliphatic carbocycles. The molecule has 1 heterocycles. The van der Waals surface area contributed by atoms with E-state index >= 15 is 0 Å². The largest absolute Gasteiger partial charge is 0.485 e. The Morgan fingerprint density at radius 2 is 1.84 bits per heavy atom. The molecule has 12 heteroatoms. The maximum atomic E-state index is 12.4. The number of hydrogen-bond donors (Lipinski definition) is 2. The zero-order valence-electron chi connectivity index (χ0n) is 21.2. The normalized spacial score (nSPS) is 12.9. The Kier molecular flexibility index (Phi) is 10.4. The van der Waals surface area contributed by atoms with E-state index in [-0.39, 0.29) is 18.9 Å². The predicted octanol–water partition coefficient (Wildman–Crippen LogP) is 6.96. The first-order valence-corrected chi connectivity index (χ1v) is 15.6. The molecule has 0 spiro atoms. The Balaban J connectivity index is 1.93. The van der Waals surface area contributed by atoms with Gasteiger partial charge in [0.05, 0.1) is 5.69 Å². The van der Waals surface area contributed by atoms with Crippen molar-refractivity contribution in [1.82, 2.24) is 14.6 Å². The molecule has 0 bridgehead atoms. The zero-order valence-corrected chi connectivity index (χ0v) is 24.4. The number of carbonyl (C=O) groups is 1. The molecule has 0 aliphatic heterocycles. The third-order valence-electron chi connectivity index (χ3n) is 5.20. The Morgan fingerprint density at radius 3 is 2.41 bits per heavy atom. The highest BCUT2D eigenvalue weighted by Gasteiger charge is 2.22. The Bertz CT molecular complexity index is 1260. The molecule has 200 valence electrons. The van der Waals surface area contributed by atoms with Gasteiger partial charge in [0.25, 0.3) is 0 Å². The number of imidazole rings is 1. The number of primary amides is 1. The van der Waals surface area contributed by atoms with E-state index in [1.807, 2.05) is 61.7 Å². The summed E-state index contributed by atoms with van der Waals surface area (Å²) in [5, 5.41) is 4.91. The van der Waals surface area contributed by atoms with E-state index in [9.17, 15) is 9.36 Å². The number of halogens is 2. The van der Waals surface area contributed by atoms with Crippen LogP contribution in [0.5, 0.6) is 5.75 Å². The van der Waals surface area contributed by atoms with E-state index in [1.165, 1.54) is 11.8 Å². The number of nitrogens with one attached hydrogen (secondary N) is 1. The van der Waals surface area contributed by atoms with Crippen molar-refractivity contribution >= 4 is 48.3 Å². The summed E-state index contributed by atoms with van der Waals surface area (Å²) in [5.41, 5.74) is 7.05. The fraction of sp³-hybridized carbons (Fsp3) is 0.360. The maximum Gasteiger partial charge on any atom is 0.404 e. The van der Waals surface area contributed by atoms with Crippen molar-refractivity contribution < 1.29 is 18.8 Å². The molecule has 0 saturated heterocycles. The highest BCUT2D eigenvalue weighted by atomic mass is 35.5. The molecule has 8 nitrogen and oxygen atoms in total. The van der Waals surface area contributed by atoms with Crippen LogP contribution in [0.15, 0.2) is 52.4 Å². The number of carbonyl (C=O) groups excluding carboxylic acids is 1. The van der Waals surface area contributed by atoms with Crippen LogP contribution in [0.2, 0.25) is 10.0 Å². The number of amides is 1. The van der Waals surface area contributed by atoms with Gasteiger partial charge in [0.1, 0.15) is 16.6 Å². The first-order chi connectivity index (χ1) is 17.5. The minimum atomic E-state index is -2.56. The molecule has 37 heavy (non-hydrogen) atoms. The van der Waals surface area contributed by atoms with Gasteiger partial charge in [0, 0.05) is 28.2 Å². The van der Waals surface area contributed by atoms with Gasteiger partial charge in [0.2, 0.25) is 0 Å². The van der Waals surface area contributed by atoms with E-state index in [0.29, 0.717) is 34.7 Å². The number of hydrogen-bond acceptors (Lipinski definition) is 6. The molecule has 3 N–H and O–H groups in total. The second kappa shape index (κ2) is 13.1. The summed E-state index contributed by atoms with van der Waals surface area (Å²) in [6.07, 6.45) is -0.763. The van der Waals surface area contributed by atoms with Crippen molar-refractivity contribution in [3.63, 3.8) is 0 Å². The van der Waals surface area contributed by atoms with E-state index in [0.717, 1.165) is 21.2 Å². The van der Waals surface area contributed by atoms with Gasteiger partial charge in [-0.05, 0) is 48.4 Å². The van der Waals surface area contributed by atoms with Gasteiger partial charge in [-0.1, -0.05) is 67.9 Å². The van der Waals surface area contributed by atoms with Crippen LogP contribution in [0.25, 0.3) is 0 Å². The number of nitrogens with zero attached hydrogens (tertiary/aromatic N) is 2. The van der Waals surface area contributed by atoms with Gasteiger partial charge in [-0.15, -0.1) is 0 Å². The lowest BCUT2D eigenvalue weighted by Gasteiger charge is -2.16. The van der Waals surface area contributed by atoms with Crippen molar-refractivity contribution in [2.45, 2.75) is 49.8 Å². The van der Waals surface area contributed by atoms with Crippen LogP contribution >= 0.6 is 42.3 Å². The number of rotatable bonds is 12. The number of ether oxygens (including phenoxy) is 2.